The van der Waals surface area contributed by atoms with Crippen LogP contribution in [-0.4, -0.2) is 25.8 Å². The summed E-state index contributed by atoms with van der Waals surface area (Å²) in [7, 11) is 1.67. The summed E-state index contributed by atoms with van der Waals surface area (Å²) in [6.07, 6.45) is 1.14. The first-order valence-electron chi connectivity index (χ1n) is 6.61. The third-order valence-corrected chi connectivity index (χ3v) is 2.89. The van der Waals surface area contributed by atoms with E-state index in [2.05, 4.69) is 26.1 Å². The van der Waals surface area contributed by atoms with Gasteiger partial charge in [0.15, 0.2) is 11.5 Å². The van der Waals surface area contributed by atoms with Crippen molar-refractivity contribution >= 4 is 0 Å². The van der Waals surface area contributed by atoms with Crippen LogP contribution in [0.3, 0.4) is 0 Å². The molecule has 1 rings (SSSR count). The Morgan fingerprint density at radius 2 is 1.94 bits per heavy atom. The molecule has 0 saturated carbocycles. The predicted molar refractivity (Wildman–Crippen MR) is 75.6 cm³/mol. The van der Waals surface area contributed by atoms with E-state index in [0.29, 0.717) is 6.04 Å². The van der Waals surface area contributed by atoms with Crippen molar-refractivity contribution in [3.05, 3.63) is 23.8 Å². The van der Waals surface area contributed by atoms with Crippen molar-refractivity contribution in [3.8, 4) is 11.5 Å². The van der Waals surface area contributed by atoms with Crippen molar-refractivity contribution in [1.29, 1.82) is 0 Å². The average molecular weight is 251 g/mol. The molecule has 0 amide bonds. The third-order valence-electron chi connectivity index (χ3n) is 2.89. The molecule has 0 aliphatic carbocycles. The van der Waals surface area contributed by atoms with Crippen LogP contribution < -0.4 is 14.8 Å². The van der Waals surface area contributed by atoms with Gasteiger partial charge in [-0.2, -0.15) is 0 Å². The first-order chi connectivity index (χ1) is 8.56. The lowest BCUT2D eigenvalue weighted by Crippen LogP contribution is -2.30. The van der Waals surface area contributed by atoms with Crippen LogP contribution in [0.25, 0.3) is 0 Å². The number of nitrogens with one attached hydrogen (secondary N) is 1. The first kappa shape index (κ1) is 14.8. The molecule has 0 fully saturated rings. The second-order valence-electron chi connectivity index (χ2n) is 4.78. The number of hydrogen-bond donors (Lipinski definition) is 1. The van der Waals surface area contributed by atoms with Gasteiger partial charge in [-0.25, -0.2) is 0 Å². The standard InChI is InChI=1S/C15H25NO2/c1-6-16-12(3)10-13(4)18-14-8-7-11(2)9-15(14)17-5/h7-9,12-13,16H,6,10H2,1-5H3. The minimum atomic E-state index is 0.163. The van der Waals surface area contributed by atoms with Gasteiger partial charge in [-0.3, -0.25) is 0 Å². The van der Waals surface area contributed by atoms with Gasteiger partial charge in [-0.1, -0.05) is 13.0 Å². The summed E-state index contributed by atoms with van der Waals surface area (Å²) < 4.78 is 11.3. The topological polar surface area (TPSA) is 30.5 Å². The van der Waals surface area contributed by atoms with Crippen LogP contribution in [0.5, 0.6) is 11.5 Å². The van der Waals surface area contributed by atoms with Gasteiger partial charge in [0.25, 0.3) is 0 Å². The Kier molecular flexibility index (Phi) is 5.99. The predicted octanol–water partition coefficient (Wildman–Crippen LogP) is 3.16. The van der Waals surface area contributed by atoms with Gasteiger partial charge in [-0.05, 0) is 51.4 Å². The van der Waals surface area contributed by atoms with Gasteiger partial charge in [0, 0.05) is 6.04 Å². The number of methoxy groups -OCH3 is 1. The molecule has 3 nitrogen and oxygen atoms in total. The molecule has 2 atom stereocenters. The van der Waals surface area contributed by atoms with E-state index < -0.39 is 0 Å². The van der Waals surface area contributed by atoms with Crippen molar-refractivity contribution in [2.45, 2.75) is 46.3 Å². The number of hydrogen-bond acceptors (Lipinski definition) is 3. The summed E-state index contributed by atoms with van der Waals surface area (Å²) >= 11 is 0. The quantitative estimate of drug-likeness (QED) is 0.807. The van der Waals surface area contributed by atoms with Gasteiger partial charge in [-0.15, -0.1) is 0 Å². The van der Waals surface area contributed by atoms with Gasteiger partial charge >= 0.3 is 0 Å². The summed E-state index contributed by atoms with van der Waals surface area (Å²) in [6.45, 7) is 9.42. The van der Waals surface area contributed by atoms with Gasteiger partial charge in [0.05, 0.1) is 13.2 Å². The van der Waals surface area contributed by atoms with E-state index in [-0.39, 0.29) is 6.10 Å². The normalized spacial score (nSPS) is 14.1. The molecule has 0 bridgehead atoms. The van der Waals surface area contributed by atoms with Gasteiger partial charge in [0.1, 0.15) is 0 Å². The first-order valence-corrected chi connectivity index (χ1v) is 6.61. The molecule has 3 heteroatoms. The molecular weight excluding hydrogens is 226 g/mol. The lowest BCUT2D eigenvalue weighted by molar-refractivity contribution is 0.188. The van der Waals surface area contributed by atoms with Crippen molar-refractivity contribution in [1.82, 2.24) is 5.32 Å². The molecule has 0 heterocycles. The van der Waals surface area contributed by atoms with Crippen LogP contribution in [0.15, 0.2) is 18.2 Å². The van der Waals surface area contributed by atoms with Crippen LogP contribution in [0, 0.1) is 6.92 Å². The molecule has 1 aromatic carbocycles. The highest BCUT2D eigenvalue weighted by atomic mass is 16.5. The Bertz CT molecular complexity index is 366. The smallest absolute Gasteiger partial charge is 0.161 e. The van der Waals surface area contributed by atoms with Crippen molar-refractivity contribution in [3.63, 3.8) is 0 Å². The maximum Gasteiger partial charge on any atom is 0.161 e. The minimum absolute atomic E-state index is 0.163. The Morgan fingerprint density at radius 3 is 2.56 bits per heavy atom. The summed E-state index contributed by atoms with van der Waals surface area (Å²) in [4.78, 5) is 0. The third kappa shape index (κ3) is 4.57. The molecule has 0 aromatic heterocycles. The zero-order chi connectivity index (χ0) is 13.5. The Balaban J connectivity index is 2.61. The highest BCUT2D eigenvalue weighted by Crippen LogP contribution is 2.29. The second-order valence-corrected chi connectivity index (χ2v) is 4.78. The van der Waals surface area contributed by atoms with E-state index >= 15 is 0 Å². The summed E-state index contributed by atoms with van der Waals surface area (Å²) in [6, 6.07) is 6.47. The fraction of sp³-hybridized carbons (Fsp3) is 0.600. The Hall–Kier alpha value is -1.22. The zero-order valence-electron chi connectivity index (χ0n) is 12.1. The maximum absolute atomic E-state index is 5.94. The molecule has 0 spiro atoms. The van der Waals surface area contributed by atoms with Crippen LogP contribution in [0.1, 0.15) is 32.8 Å². The Labute approximate surface area is 110 Å². The second kappa shape index (κ2) is 7.27. The van der Waals surface area contributed by atoms with E-state index in [4.69, 9.17) is 9.47 Å². The fourth-order valence-electron chi connectivity index (χ4n) is 2.07. The molecule has 0 aliphatic rings. The van der Waals surface area contributed by atoms with Crippen LogP contribution in [0.4, 0.5) is 0 Å². The number of benzene rings is 1. The summed E-state index contributed by atoms with van der Waals surface area (Å²) in [5, 5.41) is 3.39. The van der Waals surface area contributed by atoms with Crippen LogP contribution in [-0.2, 0) is 0 Å². The molecule has 18 heavy (non-hydrogen) atoms. The summed E-state index contributed by atoms with van der Waals surface area (Å²) in [5.74, 6) is 1.62. The minimum Gasteiger partial charge on any atom is -0.493 e. The Morgan fingerprint density at radius 1 is 1.22 bits per heavy atom. The van der Waals surface area contributed by atoms with Gasteiger partial charge in [0.2, 0.25) is 0 Å². The van der Waals surface area contributed by atoms with Crippen molar-refractivity contribution < 1.29 is 9.47 Å². The average Bonchev–Trinajstić information content (AvgIpc) is 2.31. The molecule has 2 unspecified atom stereocenters. The molecular formula is C15H25NO2. The molecule has 0 saturated heterocycles. The lowest BCUT2D eigenvalue weighted by Gasteiger charge is -2.20. The van der Waals surface area contributed by atoms with Crippen molar-refractivity contribution in [2.24, 2.45) is 0 Å². The molecule has 1 N–H and O–H groups in total. The van der Waals surface area contributed by atoms with Crippen LogP contribution >= 0.6 is 0 Å². The molecule has 0 radical (unpaired) electrons. The highest BCUT2D eigenvalue weighted by Gasteiger charge is 2.12. The lowest BCUT2D eigenvalue weighted by atomic mass is 10.1. The largest absolute Gasteiger partial charge is 0.493 e. The summed E-state index contributed by atoms with van der Waals surface area (Å²) in [5.41, 5.74) is 1.17. The fourth-order valence-corrected chi connectivity index (χ4v) is 2.07. The van der Waals surface area contributed by atoms with E-state index in [1.165, 1.54) is 5.56 Å². The van der Waals surface area contributed by atoms with Gasteiger partial charge < -0.3 is 14.8 Å². The van der Waals surface area contributed by atoms with E-state index in [9.17, 15) is 0 Å². The monoisotopic (exact) mass is 251 g/mol. The number of ether oxygens (including phenoxy) is 2. The SMILES string of the molecule is CCNC(C)CC(C)Oc1ccc(C)cc1OC. The zero-order valence-corrected chi connectivity index (χ0v) is 12.1. The maximum atomic E-state index is 5.94. The highest BCUT2D eigenvalue weighted by molar-refractivity contribution is 5.42. The number of aryl methyl sites for hydroxylation is 1. The number of rotatable bonds is 7. The van der Waals surface area contributed by atoms with E-state index in [1.54, 1.807) is 7.11 Å². The van der Waals surface area contributed by atoms with E-state index in [1.807, 2.05) is 25.1 Å². The molecule has 0 aliphatic heterocycles. The van der Waals surface area contributed by atoms with E-state index in [0.717, 1.165) is 24.5 Å². The molecule has 1 aromatic rings. The molecule has 102 valence electrons. The van der Waals surface area contributed by atoms with Crippen molar-refractivity contribution in [2.75, 3.05) is 13.7 Å². The van der Waals surface area contributed by atoms with Crippen LogP contribution in [0.2, 0.25) is 0 Å².